The number of rotatable bonds is 6. The smallest absolute Gasteiger partial charge is 0.261 e. The zero-order valence-corrected chi connectivity index (χ0v) is 25.7. The van der Waals surface area contributed by atoms with Gasteiger partial charge in [-0.15, -0.1) is 0 Å². The predicted molar refractivity (Wildman–Crippen MR) is 165 cm³/mol. The van der Waals surface area contributed by atoms with E-state index in [1.807, 2.05) is 25.1 Å². The lowest BCUT2D eigenvalue weighted by molar-refractivity contribution is 0.0668. The SMILES string of the molecule is Cc1cc(F)c(Nc2ccnc3c2C(=O)Nc2cc(CN4CCC[C@H](O)C4)ccc2N3)cc1O[Si](C)(C)C(C)(C)C. The maximum absolute atomic E-state index is 15.2. The van der Waals surface area contributed by atoms with Gasteiger partial charge in [-0.2, -0.15) is 0 Å². The van der Waals surface area contributed by atoms with Gasteiger partial charge in [0.05, 0.1) is 28.9 Å². The molecule has 41 heavy (non-hydrogen) atoms. The molecule has 2 aliphatic heterocycles. The Bertz CT molecular complexity index is 1470. The lowest BCUT2D eigenvalue weighted by Gasteiger charge is -2.37. The molecule has 1 amide bonds. The van der Waals surface area contributed by atoms with Crippen molar-refractivity contribution < 1.29 is 18.7 Å². The summed E-state index contributed by atoms with van der Waals surface area (Å²) in [5, 5.41) is 19.4. The third-order valence-corrected chi connectivity index (χ3v) is 12.7. The van der Waals surface area contributed by atoms with E-state index in [-0.39, 0.29) is 28.3 Å². The molecule has 0 saturated carbocycles. The fourth-order valence-corrected chi connectivity index (χ4v) is 6.05. The number of hydrogen-bond donors (Lipinski definition) is 4. The van der Waals surface area contributed by atoms with E-state index in [0.29, 0.717) is 36.0 Å². The number of piperidine rings is 1. The molecule has 0 bridgehead atoms. The molecule has 2 aliphatic rings. The first kappa shape index (κ1) is 29.0. The minimum absolute atomic E-state index is 0.0164. The van der Waals surface area contributed by atoms with Crippen molar-refractivity contribution in [3.05, 3.63) is 65.1 Å². The number of hydrogen-bond acceptors (Lipinski definition) is 7. The number of amides is 1. The summed E-state index contributed by atoms with van der Waals surface area (Å²) in [6.45, 7) is 14.9. The Morgan fingerprint density at radius 1 is 1.15 bits per heavy atom. The van der Waals surface area contributed by atoms with Gasteiger partial charge in [-0.3, -0.25) is 9.69 Å². The Morgan fingerprint density at radius 2 is 1.93 bits per heavy atom. The second-order valence-corrected chi connectivity index (χ2v) is 17.4. The van der Waals surface area contributed by atoms with Crippen LogP contribution in [-0.2, 0) is 6.54 Å². The minimum atomic E-state index is -2.16. The minimum Gasteiger partial charge on any atom is -0.543 e. The number of carbonyl (C=O) groups is 1. The summed E-state index contributed by atoms with van der Waals surface area (Å²) in [5.74, 6) is 0.221. The second-order valence-electron chi connectivity index (χ2n) is 12.7. The number of carbonyl (C=O) groups excluding carboxylic acids is 1. The maximum atomic E-state index is 15.2. The van der Waals surface area contributed by atoms with Crippen LogP contribution in [0.15, 0.2) is 42.6 Å². The van der Waals surface area contributed by atoms with Gasteiger partial charge in [-0.1, -0.05) is 26.8 Å². The van der Waals surface area contributed by atoms with Crippen LogP contribution in [0.5, 0.6) is 5.75 Å². The first-order chi connectivity index (χ1) is 19.3. The number of nitrogens with zero attached hydrogens (tertiary/aromatic N) is 2. The number of aromatic nitrogens is 1. The Morgan fingerprint density at radius 3 is 2.66 bits per heavy atom. The largest absolute Gasteiger partial charge is 0.543 e. The average Bonchev–Trinajstić information content (AvgIpc) is 3.02. The molecule has 0 radical (unpaired) electrons. The number of nitrogens with one attached hydrogen (secondary N) is 3. The van der Waals surface area contributed by atoms with E-state index in [4.69, 9.17) is 4.43 Å². The molecule has 218 valence electrons. The molecule has 2 aromatic carbocycles. The molecule has 8 nitrogen and oxygen atoms in total. The van der Waals surface area contributed by atoms with Crippen molar-refractivity contribution in [2.45, 2.75) is 71.3 Å². The number of fused-ring (bicyclic) bond motifs is 2. The molecule has 10 heteroatoms. The van der Waals surface area contributed by atoms with E-state index < -0.39 is 14.1 Å². The number of pyridine rings is 1. The molecule has 1 aromatic heterocycles. The zero-order valence-electron chi connectivity index (χ0n) is 24.7. The van der Waals surface area contributed by atoms with Gasteiger partial charge in [0.1, 0.15) is 22.9 Å². The van der Waals surface area contributed by atoms with Crippen molar-refractivity contribution in [2.24, 2.45) is 0 Å². The summed E-state index contributed by atoms with van der Waals surface area (Å²) in [6, 6.07) is 10.7. The highest BCUT2D eigenvalue weighted by Gasteiger charge is 2.39. The Kier molecular flexibility index (Phi) is 7.84. The molecule has 3 aromatic rings. The average molecular weight is 578 g/mol. The number of aliphatic hydroxyl groups excluding tert-OH is 1. The lowest BCUT2D eigenvalue weighted by Crippen LogP contribution is -2.44. The van der Waals surface area contributed by atoms with Crippen LogP contribution in [0, 0.1) is 12.7 Å². The van der Waals surface area contributed by atoms with Crippen LogP contribution in [0.25, 0.3) is 0 Å². The van der Waals surface area contributed by atoms with Crippen LogP contribution in [0.4, 0.5) is 33.0 Å². The lowest BCUT2D eigenvalue weighted by atomic mass is 10.1. The molecule has 0 spiro atoms. The number of halogens is 1. The first-order valence-corrected chi connectivity index (χ1v) is 17.1. The third kappa shape index (κ3) is 6.24. The van der Waals surface area contributed by atoms with Gasteiger partial charge >= 0.3 is 0 Å². The number of aliphatic hydroxyl groups is 1. The van der Waals surface area contributed by atoms with E-state index in [9.17, 15) is 9.90 Å². The molecule has 5 rings (SSSR count). The zero-order chi connectivity index (χ0) is 29.5. The van der Waals surface area contributed by atoms with E-state index in [1.54, 1.807) is 18.3 Å². The van der Waals surface area contributed by atoms with Crippen molar-refractivity contribution >= 4 is 42.8 Å². The van der Waals surface area contributed by atoms with Crippen molar-refractivity contribution in [1.82, 2.24) is 9.88 Å². The summed E-state index contributed by atoms with van der Waals surface area (Å²) in [6.07, 6.45) is 3.08. The van der Waals surface area contributed by atoms with Crippen LogP contribution in [0.2, 0.25) is 18.1 Å². The van der Waals surface area contributed by atoms with Crippen molar-refractivity contribution in [1.29, 1.82) is 0 Å². The fraction of sp³-hybridized carbons (Fsp3) is 0.419. The molecule has 3 heterocycles. The monoisotopic (exact) mass is 577 g/mol. The summed E-state index contributed by atoms with van der Waals surface area (Å²) >= 11 is 0. The highest BCUT2D eigenvalue weighted by atomic mass is 28.4. The fourth-order valence-electron chi connectivity index (χ4n) is 4.97. The molecule has 1 saturated heterocycles. The number of anilines is 5. The van der Waals surface area contributed by atoms with Gasteiger partial charge < -0.3 is 25.5 Å². The Hall–Kier alpha value is -3.47. The molecular formula is C31H40FN5O3Si. The first-order valence-electron chi connectivity index (χ1n) is 14.2. The van der Waals surface area contributed by atoms with Crippen LogP contribution in [0.1, 0.15) is 55.1 Å². The molecule has 0 aliphatic carbocycles. The van der Waals surface area contributed by atoms with E-state index in [0.717, 1.165) is 36.2 Å². The summed E-state index contributed by atoms with van der Waals surface area (Å²) < 4.78 is 21.7. The summed E-state index contributed by atoms with van der Waals surface area (Å²) in [7, 11) is -2.16. The highest BCUT2D eigenvalue weighted by molar-refractivity contribution is 6.74. The molecular weight excluding hydrogens is 537 g/mol. The van der Waals surface area contributed by atoms with Gasteiger partial charge in [-0.25, -0.2) is 9.37 Å². The summed E-state index contributed by atoms with van der Waals surface area (Å²) in [5.41, 5.74) is 4.05. The van der Waals surface area contributed by atoms with Crippen LogP contribution < -0.4 is 20.4 Å². The number of aryl methyl sites for hydroxylation is 1. The van der Waals surface area contributed by atoms with Crippen molar-refractivity contribution in [2.75, 3.05) is 29.0 Å². The Balaban J connectivity index is 1.41. The number of β-amino-alcohol motifs (C(OH)–C–C–N with tert-alkyl or cyclic N) is 1. The normalized spacial score (nSPS) is 17.6. The third-order valence-electron chi connectivity index (χ3n) is 8.36. The second kappa shape index (κ2) is 11.1. The molecule has 4 N–H and O–H groups in total. The summed E-state index contributed by atoms with van der Waals surface area (Å²) in [4.78, 5) is 20.2. The van der Waals surface area contributed by atoms with Gasteiger partial charge in [0.15, 0.2) is 0 Å². The highest BCUT2D eigenvalue weighted by Crippen LogP contribution is 2.40. The van der Waals surface area contributed by atoms with E-state index in [2.05, 4.69) is 59.7 Å². The van der Waals surface area contributed by atoms with Crippen molar-refractivity contribution in [3.63, 3.8) is 0 Å². The van der Waals surface area contributed by atoms with Gasteiger partial charge in [0.2, 0.25) is 8.32 Å². The number of benzene rings is 2. The maximum Gasteiger partial charge on any atom is 0.261 e. The van der Waals surface area contributed by atoms with Gasteiger partial charge in [-0.05, 0) is 79.8 Å². The van der Waals surface area contributed by atoms with Crippen LogP contribution in [-0.4, -0.2) is 48.4 Å². The quantitative estimate of drug-likeness (QED) is 0.236. The number of likely N-dealkylation sites (tertiary alicyclic amines) is 1. The van der Waals surface area contributed by atoms with Crippen LogP contribution in [0.3, 0.4) is 0 Å². The van der Waals surface area contributed by atoms with Gasteiger partial charge in [0, 0.05) is 25.4 Å². The Labute approximate surface area is 242 Å². The van der Waals surface area contributed by atoms with Crippen LogP contribution >= 0.6 is 0 Å². The van der Waals surface area contributed by atoms with Crippen molar-refractivity contribution in [3.8, 4) is 5.75 Å². The van der Waals surface area contributed by atoms with Gasteiger partial charge in [0.25, 0.3) is 5.91 Å². The molecule has 1 fully saturated rings. The predicted octanol–water partition coefficient (Wildman–Crippen LogP) is 6.92. The standard InChI is InChI=1S/C31H40FN5O3Si/c1-19-14-22(32)25(16-27(19)40-41(5,6)31(2,3)4)34-24-11-12-33-29-28(24)30(39)36-26-15-20(9-10-23(26)35-29)17-37-13-7-8-21(38)18-37/h9-12,14-16,21,38H,7-8,13,17-18H2,1-6H3,(H,36,39)(H2,33,34,35)/t21-/m0/s1. The topological polar surface area (TPSA) is 98.8 Å². The molecule has 0 unspecified atom stereocenters. The van der Waals surface area contributed by atoms with E-state index >= 15 is 4.39 Å². The molecule has 1 atom stereocenters. The van der Waals surface area contributed by atoms with E-state index in [1.165, 1.54) is 6.07 Å².